The summed E-state index contributed by atoms with van der Waals surface area (Å²) in [7, 11) is 1.88. The molecular weight excluding hydrogens is 531 g/mol. The van der Waals surface area contributed by atoms with Crippen LogP contribution in [0.15, 0.2) is 34.4 Å². The van der Waals surface area contributed by atoms with E-state index in [1.165, 1.54) is 6.07 Å². The Labute approximate surface area is 214 Å². The number of pyridine rings is 2. The van der Waals surface area contributed by atoms with E-state index in [9.17, 15) is 0 Å². The Morgan fingerprint density at radius 1 is 1.23 bits per heavy atom. The minimum atomic E-state index is -0.290. The van der Waals surface area contributed by atoms with Gasteiger partial charge in [-0.25, -0.2) is 9.07 Å². The monoisotopic (exact) mass is 554 g/mol. The van der Waals surface area contributed by atoms with Crippen LogP contribution in [0, 0.1) is 25.6 Å². The van der Waals surface area contributed by atoms with Crippen molar-refractivity contribution in [2.75, 3.05) is 13.2 Å². The van der Waals surface area contributed by atoms with Crippen LogP contribution >= 0.6 is 27.3 Å². The van der Waals surface area contributed by atoms with Crippen LogP contribution in [0.25, 0.3) is 32.5 Å². The van der Waals surface area contributed by atoms with E-state index in [4.69, 9.17) is 9.72 Å². The maximum Gasteiger partial charge on any atom is 0.146 e. The summed E-state index contributed by atoms with van der Waals surface area (Å²) in [6.45, 7) is 5.37. The molecule has 7 nitrogen and oxygen atoms in total. The van der Waals surface area contributed by atoms with Gasteiger partial charge >= 0.3 is 0 Å². The maximum atomic E-state index is 15.4. The summed E-state index contributed by atoms with van der Waals surface area (Å²) in [5, 5.41) is 8.40. The van der Waals surface area contributed by atoms with Gasteiger partial charge in [-0.1, -0.05) is 5.21 Å². The number of aryl methyl sites for hydroxylation is 3. The van der Waals surface area contributed by atoms with Crippen LogP contribution in [-0.4, -0.2) is 42.7 Å². The number of thiophene rings is 1. The first-order valence-corrected chi connectivity index (χ1v) is 13.2. The van der Waals surface area contributed by atoms with E-state index in [0.29, 0.717) is 18.9 Å². The molecule has 1 aliphatic heterocycles. The number of halogens is 2. The molecule has 1 fully saturated rings. The molecule has 6 heterocycles. The number of rotatable bonds is 4. The summed E-state index contributed by atoms with van der Waals surface area (Å²) in [5.74, 6) is -0.115. The average molecular weight is 555 g/mol. The van der Waals surface area contributed by atoms with Crippen molar-refractivity contribution in [2.45, 2.75) is 32.7 Å². The fourth-order valence-electron chi connectivity index (χ4n) is 5.34. The molecule has 0 amide bonds. The molecule has 5 aromatic rings. The highest BCUT2D eigenvalue weighted by Crippen LogP contribution is 2.46. The second kappa shape index (κ2) is 8.76. The first-order valence-electron chi connectivity index (χ1n) is 11.6. The molecule has 1 atom stereocenters. The Hall–Kier alpha value is -2.69. The van der Waals surface area contributed by atoms with E-state index in [-0.39, 0.29) is 17.8 Å². The zero-order chi connectivity index (χ0) is 24.3. The normalized spacial score (nSPS) is 15.9. The SMILES string of the molecule is Cc1nnn(C)c1-c1cnc2c3sc(Br)c(C)c3n(C(c3ncccc3F)C3CCOCC3)c2c1. The Balaban J connectivity index is 1.70. The second-order valence-electron chi connectivity index (χ2n) is 9.05. The van der Waals surface area contributed by atoms with E-state index < -0.39 is 0 Å². The largest absolute Gasteiger partial charge is 0.381 e. The van der Waals surface area contributed by atoms with Crippen molar-refractivity contribution in [1.29, 1.82) is 0 Å². The van der Waals surface area contributed by atoms with Gasteiger partial charge in [0, 0.05) is 38.2 Å². The van der Waals surface area contributed by atoms with Gasteiger partial charge in [0.05, 0.1) is 42.6 Å². The summed E-state index contributed by atoms with van der Waals surface area (Å²) in [6.07, 6.45) is 5.23. The lowest BCUT2D eigenvalue weighted by molar-refractivity contribution is 0.0543. The van der Waals surface area contributed by atoms with Crippen molar-refractivity contribution >= 4 is 48.5 Å². The quantitative estimate of drug-likeness (QED) is 0.273. The standard InChI is InChI=1S/C25H24BrFN6OS/c1-13-21-24(35-25(13)26)20-18(11-16(12-29-20)22-14(2)30-31-32(22)3)33(21)23(15-6-9-34-10-7-15)19-17(27)5-4-8-28-19/h4-5,8,11-12,15,23H,6-7,9-10H2,1-3H3. The molecule has 0 saturated carbocycles. The number of fused-ring (bicyclic) bond motifs is 3. The molecule has 5 aromatic heterocycles. The van der Waals surface area contributed by atoms with Gasteiger partial charge in [0.25, 0.3) is 0 Å². The van der Waals surface area contributed by atoms with Gasteiger partial charge in [-0.2, -0.15) is 0 Å². The Bertz CT molecular complexity index is 1550. The number of aromatic nitrogens is 6. The molecule has 10 heteroatoms. The van der Waals surface area contributed by atoms with Crippen molar-refractivity contribution in [3.8, 4) is 11.3 Å². The zero-order valence-electron chi connectivity index (χ0n) is 19.6. The molecular formula is C25H24BrFN6OS. The predicted molar refractivity (Wildman–Crippen MR) is 138 cm³/mol. The van der Waals surface area contributed by atoms with Crippen LogP contribution in [0.2, 0.25) is 0 Å². The third-order valence-corrected chi connectivity index (χ3v) is 9.12. The molecule has 1 saturated heterocycles. The van der Waals surface area contributed by atoms with Gasteiger partial charge in [0.1, 0.15) is 11.3 Å². The van der Waals surface area contributed by atoms with Gasteiger partial charge in [-0.15, -0.1) is 16.4 Å². The molecule has 1 unspecified atom stereocenters. The molecule has 6 rings (SSSR count). The second-order valence-corrected chi connectivity index (χ2v) is 11.4. The summed E-state index contributed by atoms with van der Waals surface area (Å²) in [4.78, 5) is 9.50. The predicted octanol–water partition coefficient (Wildman–Crippen LogP) is 5.98. The number of hydrogen-bond acceptors (Lipinski definition) is 6. The van der Waals surface area contributed by atoms with Gasteiger partial charge in [-0.05, 0) is 72.3 Å². The first kappa shape index (κ1) is 22.8. The minimum Gasteiger partial charge on any atom is -0.381 e. The van der Waals surface area contributed by atoms with Crippen LogP contribution in [-0.2, 0) is 11.8 Å². The Morgan fingerprint density at radius 2 is 2.03 bits per heavy atom. The maximum absolute atomic E-state index is 15.4. The van der Waals surface area contributed by atoms with E-state index in [1.54, 1.807) is 28.3 Å². The zero-order valence-corrected chi connectivity index (χ0v) is 22.0. The van der Waals surface area contributed by atoms with Crippen LogP contribution in [0.1, 0.15) is 35.8 Å². The smallest absolute Gasteiger partial charge is 0.146 e. The molecule has 0 aliphatic carbocycles. The van der Waals surface area contributed by atoms with E-state index in [1.807, 2.05) is 20.2 Å². The Kier molecular flexibility index (Phi) is 5.69. The lowest BCUT2D eigenvalue weighted by Gasteiger charge is -2.32. The molecule has 0 bridgehead atoms. The highest BCUT2D eigenvalue weighted by molar-refractivity contribution is 9.11. The fraction of sp³-hybridized carbons (Fsp3) is 0.360. The van der Waals surface area contributed by atoms with Crippen molar-refractivity contribution in [3.63, 3.8) is 0 Å². The van der Waals surface area contributed by atoms with Gasteiger partial charge < -0.3 is 9.30 Å². The van der Waals surface area contributed by atoms with Gasteiger partial charge in [-0.3, -0.25) is 9.97 Å². The third kappa shape index (κ3) is 3.61. The third-order valence-electron chi connectivity index (χ3n) is 6.97. The molecule has 0 radical (unpaired) electrons. The average Bonchev–Trinajstić information content (AvgIpc) is 3.46. The Morgan fingerprint density at radius 3 is 2.74 bits per heavy atom. The minimum absolute atomic E-state index is 0.175. The molecule has 0 N–H and O–H groups in total. The summed E-state index contributed by atoms with van der Waals surface area (Å²) in [5.41, 5.74) is 7.20. The van der Waals surface area contributed by atoms with Crippen LogP contribution in [0.4, 0.5) is 4.39 Å². The number of ether oxygens (including phenoxy) is 1. The van der Waals surface area contributed by atoms with Crippen molar-refractivity contribution in [2.24, 2.45) is 13.0 Å². The molecule has 1 aliphatic rings. The summed E-state index contributed by atoms with van der Waals surface area (Å²) in [6, 6.07) is 5.00. The number of hydrogen-bond donors (Lipinski definition) is 0. The van der Waals surface area contributed by atoms with E-state index >= 15 is 4.39 Å². The molecule has 0 aromatic carbocycles. The molecule has 35 heavy (non-hydrogen) atoms. The van der Waals surface area contributed by atoms with E-state index in [0.717, 1.165) is 60.4 Å². The first-order chi connectivity index (χ1) is 17.0. The molecule has 0 spiro atoms. The fourth-order valence-corrected chi connectivity index (χ4v) is 7.04. The summed E-state index contributed by atoms with van der Waals surface area (Å²) < 4.78 is 27.2. The van der Waals surface area contributed by atoms with Crippen molar-refractivity contribution < 1.29 is 9.13 Å². The lowest BCUT2D eigenvalue weighted by Crippen LogP contribution is -2.28. The van der Waals surface area contributed by atoms with Crippen LogP contribution < -0.4 is 0 Å². The highest BCUT2D eigenvalue weighted by atomic mass is 79.9. The van der Waals surface area contributed by atoms with Crippen molar-refractivity contribution in [1.82, 2.24) is 29.5 Å². The lowest BCUT2D eigenvalue weighted by atomic mass is 9.88. The van der Waals surface area contributed by atoms with Gasteiger partial charge in [0.15, 0.2) is 0 Å². The number of nitrogens with zero attached hydrogens (tertiary/aromatic N) is 6. The van der Waals surface area contributed by atoms with E-state index in [2.05, 4.69) is 48.8 Å². The highest BCUT2D eigenvalue weighted by Gasteiger charge is 2.34. The van der Waals surface area contributed by atoms with Crippen molar-refractivity contribution in [3.05, 3.63) is 57.1 Å². The van der Waals surface area contributed by atoms with Gasteiger partial charge in [0.2, 0.25) is 0 Å². The topological polar surface area (TPSA) is 70.7 Å². The summed E-state index contributed by atoms with van der Waals surface area (Å²) >= 11 is 5.40. The van der Waals surface area contributed by atoms with Crippen LogP contribution in [0.3, 0.4) is 0 Å². The molecule has 180 valence electrons. The van der Waals surface area contributed by atoms with Crippen LogP contribution in [0.5, 0.6) is 0 Å².